The molecular weight excluding hydrogens is 1620 g/mol. The standard InChI is InChI=1S/C120H64N6O6/c1-2-20-81-79(19-1)80-21-3-5-25-92(80)112-76(28-14-31-94(81)112)67-17-13-18-70(55-67)115-121-117(72-40-49-86-84-23-7-10-33-100(84)128-108(86)61-72)125-118(122-115)74-42-51-89-88-47-37-65(59-106(88)132-110(89)63-74)66-38-48-90-98-56-68(44-53-103(98)130-107(90)60-66)77-29-15-32-95-97-58-71(39-46-83(97)82-22-4-6-26-93(82)113(77)95)116-123-119(73-41-50-87-85-24-8-11-34-101(85)129-109(87)62-73)126-120(124-116)75-43-52-91-99-57-69(45-54-104(99)131-111(91)64-75)78-30-16-36-105-114(78)96-27-9-12-35-102(96)127-105/h1-64H. The number of fused-ring (bicyclic) bond motifs is 30. The van der Waals surface area contributed by atoms with Gasteiger partial charge in [0.15, 0.2) is 34.9 Å². The predicted molar refractivity (Wildman–Crippen MR) is 536 cm³/mol. The van der Waals surface area contributed by atoms with Gasteiger partial charge in [0.05, 0.1) is 0 Å². The highest BCUT2D eigenvalue weighted by Gasteiger charge is 2.26. The third-order valence-corrected chi connectivity index (χ3v) is 27.2. The Morgan fingerprint density at radius 1 is 0.114 bits per heavy atom. The van der Waals surface area contributed by atoms with Crippen molar-refractivity contribution < 1.29 is 26.5 Å². The topological polar surface area (TPSA) is 156 Å². The van der Waals surface area contributed by atoms with Gasteiger partial charge in [0.1, 0.15) is 67.0 Å². The molecule has 0 aliphatic carbocycles. The zero-order valence-corrected chi connectivity index (χ0v) is 70.1. The number of hydrogen-bond acceptors (Lipinski definition) is 12. The number of hydrogen-bond donors (Lipinski definition) is 0. The first-order chi connectivity index (χ1) is 65.3. The zero-order valence-electron chi connectivity index (χ0n) is 70.1. The van der Waals surface area contributed by atoms with Crippen LogP contribution in [0.15, 0.2) is 415 Å². The highest BCUT2D eigenvalue weighted by Crippen LogP contribution is 2.49. The molecule has 12 heteroatoms. The van der Waals surface area contributed by atoms with Gasteiger partial charge in [-0.3, -0.25) is 0 Å². The third kappa shape index (κ3) is 11.1. The average Bonchev–Trinajstić information content (AvgIpc) is 1.03. The van der Waals surface area contributed by atoms with E-state index in [1.54, 1.807) is 0 Å². The molecule has 0 aliphatic heterocycles. The Bertz CT molecular complexity index is 10100. The van der Waals surface area contributed by atoms with Gasteiger partial charge >= 0.3 is 0 Å². The lowest BCUT2D eigenvalue weighted by Crippen LogP contribution is -2.00. The Balaban J connectivity index is 0.507. The van der Waals surface area contributed by atoms with Gasteiger partial charge in [-0.05, 0) is 243 Å². The third-order valence-electron chi connectivity index (χ3n) is 27.2. The summed E-state index contributed by atoms with van der Waals surface area (Å²) in [5, 5.41) is 26.3. The maximum absolute atomic E-state index is 6.92. The monoisotopic (exact) mass is 1680 g/mol. The number of nitrogens with zero attached hydrogens (tertiary/aromatic N) is 6. The van der Waals surface area contributed by atoms with Crippen LogP contribution in [0.3, 0.4) is 0 Å². The fraction of sp³-hybridized carbons (Fsp3) is 0. The zero-order chi connectivity index (χ0) is 86.1. The number of benzene rings is 21. The Hall–Kier alpha value is -18.0. The first-order valence-electron chi connectivity index (χ1n) is 44.3. The van der Waals surface area contributed by atoms with E-state index in [-0.39, 0.29) is 0 Å². The molecule has 0 aliphatic rings. The number of para-hydroxylation sites is 3. The van der Waals surface area contributed by atoms with Gasteiger partial charge in [0.2, 0.25) is 0 Å². The molecule has 0 amide bonds. The molecule has 8 aromatic heterocycles. The Morgan fingerprint density at radius 2 is 0.341 bits per heavy atom. The largest absolute Gasteiger partial charge is 0.456 e. The lowest BCUT2D eigenvalue weighted by molar-refractivity contribution is 0.668. The highest BCUT2D eigenvalue weighted by molar-refractivity contribution is 6.31. The van der Waals surface area contributed by atoms with Crippen LogP contribution in [-0.4, -0.2) is 29.9 Å². The number of aromatic nitrogens is 6. The first kappa shape index (κ1) is 72.2. The summed E-state index contributed by atoms with van der Waals surface area (Å²) in [6.45, 7) is 0. The molecule has 0 saturated heterocycles. The van der Waals surface area contributed by atoms with E-state index >= 15 is 0 Å². The van der Waals surface area contributed by atoms with Crippen molar-refractivity contribution in [1.29, 1.82) is 0 Å². The average molecular weight is 1690 g/mol. The molecule has 12 nitrogen and oxygen atoms in total. The minimum atomic E-state index is 0.503. The van der Waals surface area contributed by atoms with E-state index < -0.39 is 0 Å². The fourth-order valence-electron chi connectivity index (χ4n) is 21.0. The summed E-state index contributed by atoms with van der Waals surface area (Å²) >= 11 is 0. The van der Waals surface area contributed by atoms with Gasteiger partial charge in [-0.25, -0.2) is 29.9 Å². The molecule has 8 heterocycles. The van der Waals surface area contributed by atoms with Crippen molar-refractivity contribution in [3.05, 3.63) is 388 Å². The molecule has 0 N–H and O–H groups in total. The lowest BCUT2D eigenvalue weighted by Gasteiger charge is -2.15. The van der Waals surface area contributed by atoms with Crippen LogP contribution in [0.25, 0.3) is 309 Å². The summed E-state index contributed by atoms with van der Waals surface area (Å²) in [6, 6.07) is 136. The predicted octanol–water partition coefficient (Wildman–Crippen LogP) is 33.0. The molecule has 610 valence electrons. The van der Waals surface area contributed by atoms with E-state index in [9.17, 15) is 0 Å². The lowest BCUT2D eigenvalue weighted by atomic mass is 9.88. The van der Waals surface area contributed by atoms with Crippen LogP contribution in [0.4, 0.5) is 0 Å². The van der Waals surface area contributed by atoms with E-state index in [1.165, 1.54) is 32.3 Å². The second-order valence-electron chi connectivity index (χ2n) is 34.5. The fourth-order valence-corrected chi connectivity index (χ4v) is 21.0. The molecule has 0 fully saturated rings. The van der Waals surface area contributed by atoms with Crippen LogP contribution >= 0.6 is 0 Å². The minimum Gasteiger partial charge on any atom is -0.456 e. The van der Waals surface area contributed by atoms with Crippen molar-refractivity contribution in [1.82, 2.24) is 29.9 Å². The molecule has 29 rings (SSSR count). The summed E-state index contributed by atoms with van der Waals surface area (Å²) in [4.78, 5) is 32.0. The van der Waals surface area contributed by atoms with Gasteiger partial charge in [0.25, 0.3) is 0 Å². The Labute approximate surface area is 748 Å². The van der Waals surface area contributed by atoms with Gasteiger partial charge in [0, 0.05) is 98.0 Å². The molecule has 0 spiro atoms. The molecule has 132 heavy (non-hydrogen) atoms. The van der Waals surface area contributed by atoms with Crippen LogP contribution in [0.2, 0.25) is 0 Å². The molecule has 0 atom stereocenters. The van der Waals surface area contributed by atoms with Crippen LogP contribution in [-0.2, 0) is 0 Å². The Morgan fingerprint density at radius 3 is 0.773 bits per heavy atom. The second-order valence-corrected chi connectivity index (χ2v) is 34.5. The number of furan rings is 6. The van der Waals surface area contributed by atoms with Crippen molar-refractivity contribution in [3.8, 4) is 113 Å². The van der Waals surface area contributed by atoms with E-state index in [0.717, 1.165) is 236 Å². The van der Waals surface area contributed by atoms with Crippen molar-refractivity contribution in [2.24, 2.45) is 0 Å². The second kappa shape index (κ2) is 27.8. The van der Waals surface area contributed by atoms with E-state index in [2.05, 4.69) is 322 Å². The van der Waals surface area contributed by atoms with Crippen LogP contribution in [0.5, 0.6) is 0 Å². The summed E-state index contributed by atoms with van der Waals surface area (Å²) < 4.78 is 39.8. The van der Waals surface area contributed by atoms with E-state index in [4.69, 9.17) is 56.4 Å². The van der Waals surface area contributed by atoms with Gasteiger partial charge in [-0.2, -0.15) is 0 Å². The first-order valence-corrected chi connectivity index (χ1v) is 44.3. The molecule has 21 aromatic carbocycles. The van der Waals surface area contributed by atoms with Crippen molar-refractivity contribution in [2.45, 2.75) is 0 Å². The quantitative estimate of drug-likeness (QED) is 0.120. The van der Waals surface area contributed by atoms with Crippen LogP contribution in [0.1, 0.15) is 0 Å². The van der Waals surface area contributed by atoms with Gasteiger partial charge < -0.3 is 26.5 Å². The maximum Gasteiger partial charge on any atom is 0.164 e. The smallest absolute Gasteiger partial charge is 0.164 e. The molecule has 0 unspecified atom stereocenters. The SMILES string of the molecule is c1cc(-c2nc(-c3ccc4c(c3)oc3ccccc34)nc(-c3ccc4c(c3)oc3cc(-c5ccc6c(c5)oc5ccc(-c7cccc8c9cc(-c%10nc(-c%11ccc%12c(c%11)oc%11ccccc%11%12)nc(-c%11ccc%12c(c%11)oc%11ccc(-c%13cccc%14oc%15ccccc%15c%13%14)cc%11%12)n%10)ccc9c9ccccc9c78)cc56)ccc34)n2)cc(-c2cccc3c4ccccc4c4ccccc4c23)c1. The summed E-state index contributed by atoms with van der Waals surface area (Å²) in [5.41, 5.74) is 22.8. The molecule has 0 radical (unpaired) electrons. The summed E-state index contributed by atoms with van der Waals surface area (Å²) in [7, 11) is 0. The van der Waals surface area contributed by atoms with Crippen molar-refractivity contribution in [2.75, 3.05) is 0 Å². The van der Waals surface area contributed by atoms with Crippen molar-refractivity contribution in [3.63, 3.8) is 0 Å². The maximum atomic E-state index is 6.92. The van der Waals surface area contributed by atoms with Crippen LogP contribution < -0.4 is 0 Å². The van der Waals surface area contributed by atoms with E-state index in [1.807, 2.05) is 66.7 Å². The summed E-state index contributed by atoms with van der Waals surface area (Å²) in [6.07, 6.45) is 0. The normalized spacial score (nSPS) is 12.2. The summed E-state index contributed by atoms with van der Waals surface area (Å²) in [5.74, 6) is 3.10. The molecular formula is C120H64N6O6. The highest BCUT2D eigenvalue weighted by atomic mass is 16.3. The minimum absolute atomic E-state index is 0.503. The number of rotatable bonds is 10. The van der Waals surface area contributed by atoms with Gasteiger partial charge in [-0.15, -0.1) is 0 Å². The molecule has 0 saturated carbocycles. The van der Waals surface area contributed by atoms with E-state index in [0.29, 0.717) is 40.5 Å². The Kier molecular flexibility index (Phi) is 15.2. The van der Waals surface area contributed by atoms with Crippen LogP contribution in [0, 0.1) is 0 Å². The molecule has 0 bridgehead atoms. The van der Waals surface area contributed by atoms with Gasteiger partial charge in [-0.1, -0.05) is 255 Å². The molecule has 29 aromatic rings. The van der Waals surface area contributed by atoms with Crippen molar-refractivity contribution >= 4 is 196 Å².